The molecule has 2 aromatic rings. The number of nitrogens with zero attached hydrogens (tertiary/aromatic N) is 1. The van der Waals surface area contributed by atoms with Gasteiger partial charge in [-0.2, -0.15) is 0 Å². The van der Waals surface area contributed by atoms with Gasteiger partial charge in [-0.1, -0.05) is 6.92 Å². The van der Waals surface area contributed by atoms with Gasteiger partial charge in [0.1, 0.15) is 5.38 Å². The Hall–Kier alpha value is -0.800. The predicted molar refractivity (Wildman–Crippen MR) is 63.5 cm³/mol. The molecule has 2 aromatic heterocycles. The summed E-state index contributed by atoms with van der Waals surface area (Å²) < 4.78 is 5.56. The van der Waals surface area contributed by atoms with Crippen LogP contribution in [0.15, 0.2) is 22.7 Å². The third-order valence-corrected chi connectivity index (χ3v) is 3.55. The van der Waals surface area contributed by atoms with E-state index >= 15 is 0 Å². The lowest BCUT2D eigenvalue weighted by Gasteiger charge is -1.93. The van der Waals surface area contributed by atoms with E-state index in [4.69, 9.17) is 16.0 Å². The van der Waals surface area contributed by atoms with Crippen LogP contribution in [0.3, 0.4) is 0 Å². The number of hydrogen-bond acceptors (Lipinski definition) is 3. The van der Waals surface area contributed by atoms with Crippen molar-refractivity contribution < 1.29 is 4.42 Å². The molecule has 4 heteroatoms. The van der Waals surface area contributed by atoms with Gasteiger partial charge in [0.05, 0.1) is 11.1 Å². The molecule has 0 aromatic carbocycles. The zero-order valence-corrected chi connectivity index (χ0v) is 10.2. The van der Waals surface area contributed by atoms with Gasteiger partial charge in [-0.15, -0.1) is 22.9 Å². The first kappa shape index (κ1) is 10.7. The van der Waals surface area contributed by atoms with Crippen LogP contribution in [0.5, 0.6) is 0 Å². The van der Waals surface area contributed by atoms with E-state index in [1.807, 2.05) is 6.92 Å². The van der Waals surface area contributed by atoms with Gasteiger partial charge >= 0.3 is 0 Å². The van der Waals surface area contributed by atoms with Crippen molar-refractivity contribution in [3.05, 3.63) is 29.1 Å². The smallest absolute Gasteiger partial charge is 0.212 e. The van der Waals surface area contributed by atoms with E-state index < -0.39 is 0 Å². The van der Waals surface area contributed by atoms with Crippen molar-refractivity contribution in [2.45, 2.75) is 25.6 Å². The standard InChI is InChI=1S/C11H12ClNOS/c1-3-8-4-5-10(15-8)9-6-13-11(14-9)7(2)12/h4-7H,3H2,1-2H3. The first-order valence-electron chi connectivity index (χ1n) is 4.89. The van der Waals surface area contributed by atoms with Crippen molar-refractivity contribution in [2.75, 3.05) is 0 Å². The summed E-state index contributed by atoms with van der Waals surface area (Å²) in [6.45, 7) is 3.99. The molecule has 2 heterocycles. The molecule has 1 unspecified atom stereocenters. The fourth-order valence-corrected chi connectivity index (χ4v) is 2.28. The largest absolute Gasteiger partial charge is 0.438 e. The second kappa shape index (κ2) is 4.37. The van der Waals surface area contributed by atoms with Crippen LogP contribution in [0.4, 0.5) is 0 Å². The molecule has 0 spiro atoms. The molecule has 2 nitrogen and oxygen atoms in total. The highest BCUT2D eigenvalue weighted by Crippen LogP contribution is 2.30. The number of oxazole rings is 1. The molecule has 0 aliphatic rings. The van der Waals surface area contributed by atoms with Crippen LogP contribution in [0.25, 0.3) is 10.6 Å². The lowest BCUT2D eigenvalue weighted by molar-refractivity contribution is 0.509. The van der Waals surface area contributed by atoms with Crippen LogP contribution in [0.2, 0.25) is 0 Å². The second-order valence-electron chi connectivity index (χ2n) is 3.30. The zero-order valence-electron chi connectivity index (χ0n) is 8.66. The number of aryl methyl sites for hydroxylation is 1. The van der Waals surface area contributed by atoms with Gasteiger partial charge in [0.25, 0.3) is 0 Å². The third kappa shape index (κ3) is 2.24. The summed E-state index contributed by atoms with van der Waals surface area (Å²) in [5, 5.41) is -0.177. The van der Waals surface area contributed by atoms with Gasteiger partial charge in [0.2, 0.25) is 5.89 Å². The van der Waals surface area contributed by atoms with Crippen LogP contribution in [-0.4, -0.2) is 4.98 Å². The molecular formula is C11H12ClNOS. The summed E-state index contributed by atoms with van der Waals surface area (Å²) in [7, 11) is 0. The minimum Gasteiger partial charge on any atom is -0.438 e. The minimum atomic E-state index is -0.177. The molecule has 0 amide bonds. The lowest BCUT2D eigenvalue weighted by atomic mass is 10.3. The summed E-state index contributed by atoms with van der Waals surface area (Å²) in [5.41, 5.74) is 0. The highest BCUT2D eigenvalue weighted by atomic mass is 35.5. The Labute approximate surface area is 97.9 Å². The Morgan fingerprint density at radius 1 is 1.53 bits per heavy atom. The van der Waals surface area contributed by atoms with Gasteiger partial charge < -0.3 is 4.42 Å². The topological polar surface area (TPSA) is 26.0 Å². The Bertz CT molecular complexity index is 447. The SMILES string of the molecule is CCc1ccc(-c2cnc(C(C)Cl)o2)s1. The third-order valence-electron chi connectivity index (χ3n) is 2.12. The van der Waals surface area contributed by atoms with E-state index in [1.165, 1.54) is 4.88 Å². The zero-order chi connectivity index (χ0) is 10.8. The molecule has 1 atom stereocenters. The molecule has 0 radical (unpaired) electrons. The molecule has 0 fully saturated rings. The Morgan fingerprint density at radius 3 is 2.87 bits per heavy atom. The molecule has 0 N–H and O–H groups in total. The van der Waals surface area contributed by atoms with Crippen LogP contribution in [0.1, 0.15) is 30.0 Å². The first-order valence-corrected chi connectivity index (χ1v) is 6.15. The van der Waals surface area contributed by atoms with Crippen LogP contribution < -0.4 is 0 Å². The van der Waals surface area contributed by atoms with E-state index in [-0.39, 0.29) is 5.38 Å². The summed E-state index contributed by atoms with van der Waals surface area (Å²) >= 11 is 7.62. The number of halogens is 1. The van der Waals surface area contributed by atoms with Crippen LogP contribution in [-0.2, 0) is 6.42 Å². The van der Waals surface area contributed by atoms with Crippen molar-refractivity contribution in [3.63, 3.8) is 0 Å². The number of thiophene rings is 1. The first-order chi connectivity index (χ1) is 7.20. The van der Waals surface area contributed by atoms with E-state index in [0.717, 1.165) is 17.1 Å². The van der Waals surface area contributed by atoms with E-state index in [1.54, 1.807) is 17.5 Å². The van der Waals surface area contributed by atoms with Crippen molar-refractivity contribution in [1.29, 1.82) is 0 Å². The molecule has 0 saturated heterocycles. The summed E-state index contributed by atoms with van der Waals surface area (Å²) in [6, 6.07) is 4.18. The maximum Gasteiger partial charge on any atom is 0.212 e. The molecule has 0 aliphatic carbocycles. The molecule has 80 valence electrons. The fourth-order valence-electron chi connectivity index (χ4n) is 1.29. The second-order valence-corrected chi connectivity index (χ2v) is 5.12. The van der Waals surface area contributed by atoms with Crippen molar-refractivity contribution in [3.8, 4) is 10.6 Å². The van der Waals surface area contributed by atoms with Crippen LogP contribution >= 0.6 is 22.9 Å². The Balaban J connectivity index is 2.28. The quantitative estimate of drug-likeness (QED) is 0.751. The number of alkyl halides is 1. The van der Waals surface area contributed by atoms with Crippen LogP contribution in [0, 0.1) is 0 Å². The highest BCUT2D eigenvalue weighted by molar-refractivity contribution is 7.15. The number of rotatable bonds is 3. The Morgan fingerprint density at radius 2 is 2.33 bits per heavy atom. The molecule has 0 bridgehead atoms. The molecule has 0 saturated carbocycles. The number of aromatic nitrogens is 1. The molecule has 15 heavy (non-hydrogen) atoms. The summed E-state index contributed by atoms with van der Waals surface area (Å²) in [4.78, 5) is 6.60. The van der Waals surface area contributed by atoms with E-state index in [9.17, 15) is 0 Å². The summed E-state index contributed by atoms with van der Waals surface area (Å²) in [6.07, 6.45) is 2.79. The van der Waals surface area contributed by atoms with E-state index in [0.29, 0.717) is 5.89 Å². The summed E-state index contributed by atoms with van der Waals surface area (Å²) in [5.74, 6) is 1.39. The normalized spacial score (nSPS) is 13.0. The average Bonchev–Trinajstić information content (AvgIpc) is 2.86. The van der Waals surface area contributed by atoms with Gasteiger partial charge in [-0.3, -0.25) is 0 Å². The minimum absolute atomic E-state index is 0.177. The predicted octanol–water partition coefficient (Wildman–Crippen LogP) is 4.27. The maximum absolute atomic E-state index is 5.88. The van der Waals surface area contributed by atoms with Crippen molar-refractivity contribution in [1.82, 2.24) is 4.98 Å². The van der Waals surface area contributed by atoms with Gasteiger partial charge in [-0.05, 0) is 25.5 Å². The molecule has 2 rings (SSSR count). The monoisotopic (exact) mass is 241 g/mol. The highest BCUT2D eigenvalue weighted by Gasteiger charge is 2.11. The molecule has 0 aliphatic heterocycles. The van der Waals surface area contributed by atoms with E-state index in [2.05, 4.69) is 24.0 Å². The lowest BCUT2D eigenvalue weighted by Crippen LogP contribution is -1.80. The van der Waals surface area contributed by atoms with Gasteiger partial charge in [0, 0.05) is 4.88 Å². The van der Waals surface area contributed by atoms with Gasteiger partial charge in [0.15, 0.2) is 5.76 Å². The Kier molecular flexibility index (Phi) is 3.12. The molecular weight excluding hydrogens is 230 g/mol. The van der Waals surface area contributed by atoms with Crippen molar-refractivity contribution >= 4 is 22.9 Å². The number of hydrogen-bond donors (Lipinski definition) is 0. The maximum atomic E-state index is 5.88. The van der Waals surface area contributed by atoms with Crippen molar-refractivity contribution in [2.24, 2.45) is 0 Å². The van der Waals surface area contributed by atoms with Gasteiger partial charge in [-0.25, -0.2) is 4.98 Å². The average molecular weight is 242 g/mol. The fraction of sp³-hybridized carbons (Fsp3) is 0.364.